The third-order valence-corrected chi connectivity index (χ3v) is 14.5. The second kappa shape index (κ2) is 15.5. The van der Waals surface area contributed by atoms with E-state index in [1.54, 1.807) is 0 Å². The van der Waals surface area contributed by atoms with Gasteiger partial charge in [-0.15, -0.1) is 0 Å². The van der Waals surface area contributed by atoms with Crippen LogP contribution in [-0.2, 0) is 0 Å². The van der Waals surface area contributed by atoms with Gasteiger partial charge in [0.15, 0.2) is 0 Å². The number of hydrogen-bond donors (Lipinski definition) is 0. The van der Waals surface area contributed by atoms with Gasteiger partial charge in [0.05, 0.1) is 22.4 Å². The van der Waals surface area contributed by atoms with Crippen molar-refractivity contribution < 1.29 is 0 Å². The summed E-state index contributed by atoms with van der Waals surface area (Å²) in [5, 5.41) is 2.53. The maximum absolute atomic E-state index is 2.55. The molecular formula is C60H59BN4. The normalized spacial score (nSPS) is 12.7. The molecule has 0 atom stereocenters. The summed E-state index contributed by atoms with van der Waals surface area (Å²) < 4.78 is 5.09. The molecule has 0 unspecified atom stereocenters. The van der Waals surface area contributed by atoms with Gasteiger partial charge >= 0.3 is 0 Å². The number of aromatic nitrogens is 2. The van der Waals surface area contributed by atoms with Gasteiger partial charge in [-0.2, -0.15) is 0 Å². The smallest absolute Gasteiger partial charge is 0.252 e. The average Bonchev–Trinajstić information content (AvgIpc) is 3.85. The summed E-state index contributed by atoms with van der Waals surface area (Å²) in [5.41, 5.74) is 24.1. The van der Waals surface area contributed by atoms with Gasteiger partial charge in [-0.3, -0.25) is 0 Å². The Labute approximate surface area is 385 Å². The molecule has 2 aliphatic heterocycles. The molecule has 0 saturated carbocycles. The molecule has 9 aromatic rings. The van der Waals surface area contributed by atoms with Gasteiger partial charge in [-0.1, -0.05) is 122 Å². The molecule has 11 rings (SSSR count). The summed E-state index contributed by atoms with van der Waals surface area (Å²) in [5.74, 6) is 1.85. The van der Waals surface area contributed by atoms with E-state index in [9.17, 15) is 0 Å². The minimum Gasteiger partial charge on any atom is -0.315 e. The monoisotopic (exact) mass is 846 g/mol. The lowest BCUT2D eigenvalue weighted by Gasteiger charge is -2.35. The van der Waals surface area contributed by atoms with Gasteiger partial charge in [-0.05, 0) is 161 Å². The van der Waals surface area contributed by atoms with Crippen LogP contribution in [0.2, 0.25) is 0 Å². The zero-order valence-corrected chi connectivity index (χ0v) is 39.6. The number of hydrogen-bond acceptors (Lipinski definition) is 2. The summed E-state index contributed by atoms with van der Waals surface area (Å²) >= 11 is 0. The molecule has 0 spiro atoms. The van der Waals surface area contributed by atoms with Crippen LogP contribution in [0.3, 0.4) is 0 Å². The van der Waals surface area contributed by atoms with Gasteiger partial charge in [0.2, 0.25) is 0 Å². The first-order valence-electron chi connectivity index (χ1n) is 23.8. The quantitative estimate of drug-likeness (QED) is 0.128. The number of nitrogens with zero attached hydrogens (tertiary/aromatic N) is 4. The molecule has 0 amide bonds. The first-order chi connectivity index (χ1) is 31.4. The molecule has 65 heavy (non-hydrogen) atoms. The third kappa shape index (κ3) is 6.41. The molecule has 5 heteroatoms. The third-order valence-electron chi connectivity index (χ3n) is 14.5. The number of anilines is 6. The molecule has 0 radical (unpaired) electrons. The van der Waals surface area contributed by atoms with E-state index in [1.807, 2.05) is 0 Å². The maximum atomic E-state index is 2.55. The van der Waals surface area contributed by atoms with Crippen molar-refractivity contribution in [2.75, 3.05) is 9.80 Å². The number of fused-ring (bicyclic) bond motifs is 4. The number of rotatable bonds is 10. The molecule has 4 nitrogen and oxygen atoms in total. The summed E-state index contributed by atoms with van der Waals surface area (Å²) in [6.45, 7) is 22.8. The van der Waals surface area contributed by atoms with Crippen LogP contribution in [-0.4, -0.2) is 15.8 Å². The maximum Gasteiger partial charge on any atom is 0.252 e. The van der Waals surface area contributed by atoms with Crippen LogP contribution < -0.4 is 26.2 Å². The molecule has 0 saturated heterocycles. The van der Waals surface area contributed by atoms with Crippen LogP contribution in [0.25, 0.3) is 33.2 Å². The standard InChI is InChI=1S/C60H59BN4/c1-36(2)42-14-22-46(23-15-42)64(47-24-16-43(17-25-47)37(3)4)54-32-30-52-59-50(54)34-40(9)62(59)56-12-11-13-57-58(56)61(52)53-31-33-55(51-35-41(10)63(57)60(51)53)65(48-26-18-44(19-27-48)38(5)6)49-28-20-45(21-29-49)39(7)8/h11-39H,1-10H3. The second-order valence-corrected chi connectivity index (χ2v) is 19.9. The van der Waals surface area contributed by atoms with Crippen molar-refractivity contribution in [2.45, 2.75) is 92.9 Å². The van der Waals surface area contributed by atoms with Gasteiger partial charge in [0.25, 0.3) is 6.71 Å². The first-order valence-corrected chi connectivity index (χ1v) is 23.8. The summed E-state index contributed by atoms with van der Waals surface area (Å²) in [7, 11) is 0. The van der Waals surface area contributed by atoms with Gasteiger partial charge in [0.1, 0.15) is 0 Å². The summed E-state index contributed by atoms with van der Waals surface area (Å²) in [4.78, 5) is 4.95. The number of benzene rings is 7. The van der Waals surface area contributed by atoms with Crippen molar-refractivity contribution in [1.82, 2.24) is 9.13 Å². The molecule has 2 aromatic heterocycles. The van der Waals surface area contributed by atoms with Crippen LogP contribution in [0.4, 0.5) is 34.1 Å². The van der Waals surface area contributed by atoms with Crippen molar-refractivity contribution in [3.8, 4) is 11.4 Å². The molecule has 0 fully saturated rings. The molecule has 0 N–H and O–H groups in total. The largest absolute Gasteiger partial charge is 0.315 e. The summed E-state index contributed by atoms with van der Waals surface area (Å²) in [6.07, 6.45) is 0. The highest BCUT2D eigenvalue weighted by molar-refractivity contribution is 7.00. The zero-order valence-electron chi connectivity index (χ0n) is 39.6. The second-order valence-electron chi connectivity index (χ2n) is 19.9. The van der Waals surface area contributed by atoms with Gasteiger partial charge < -0.3 is 18.9 Å². The first kappa shape index (κ1) is 41.0. The molecule has 4 heterocycles. The Balaban J connectivity index is 1.13. The molecular weight excluding hydrogens is 787 g/mol. The van der Waals surface area contributed by atoms with E-state index in [0.29, 0.717) is 23.7 Å². The fraction of sp³-hybridized carbons (Fsp3) is 0.233. The lowest BCUT2D eigenvalue weighted by molar-refractivity contribution is 0.866. The van der Waals surface area contributed by atoms with E-state index in [1.165, 1.54) is 94.6 Å². The van der Waals surface area contributed by atoms with Crippen molar-refractivity contribution in [1.29, 1.82) is 0 Å². The fourth-order valence-corrected chi connectivity index (χ4v) is 11.0. The Hall–Kier alpha value is -6.72. The SMILES string of the molecule is Cc1cc2c(N(c3ccc(C(C)C)cc3)c3ccc(C(C)C)cc3)ccc3c2n1-c1cccc2c1B3c1ccc(N(c3ccc(C(C)C)cc3)c3ccc(C(C)C)cc3)c3cc(C)n-2c13. The average molecular weight is 847 g/mol. The van der Waals surface area contributed by atoms with E-state index in [4.69, 9.17) is 0 Å². The molecule has 2 aliphatic rings. The van der Waals surface area contributed by atoms with Crippen molar-refractivity contribution in [3.63, 3.8) is 0 Å². The molecule has 7 aromatic carbocycles. The Morgan fingerprint density at radius 3 is 0.985 bits per heavy atom. The van der Waals surface area contributed by atoms with E-state index >= 15 is 0 Å². The summed E-state index contributed by atoms with van der Waals surface area (Å²) in [6, 6.07) is 58.4. The lowest BCUT2D eigenvalue weighted by Crippen LogP contribution is -2.59. The van der Waals surface area contributed by atoms with Crippen LogP contribution >= 0.6 is 0 Å². The van der Waals surface area contributed by atoms with E-state index in [-0.39, 0.29) is 6.71 Å². The Morgan fingerprint density at radius 1 is 0.385 bits per heavy atom. The highest BCUT2D eigenvalue weighted by atomic mass is 15.2. The van der Waals surface area contributed by atoms with Crippen molar-refractivity contribution in [2.24, 2.45) is 0 Å². The Morgan fingerprint density at radius 2 is 0.692 bits per heavy atom. The van der Waals surface area contributed by atoms with Gasteiger partial charge in [0, 0.05) is 56.3 Å². The molecule has 0 aliphatic carbocycles. The van der Waals surface area contributed by atoms with E-state index in [0.717, 1.165) is 22.7 Å². The molecule has 322 valence electrons. The predicted octanol–water partition coefficient (Wildman–Crippen LogP) is 14.8. The number of aryl methyl sites for hydroxylation is 2. The lowest BCUT2D eigenvalue weighted by atomic mass is 9.34. The van der Waals surface area contributed by atoms with Crippen LogP contribution in [0, 0.1) is 13.8 Å². The highest BCUT2D eigenvalue weighted by Gasteiger charge is 2.41. The van der Waals surface area contributed by atoms with Crippen LogP contribution in [0.1, 0.15) is 113 Å². The van der Waals surface area contributed by atoms with Crippen LogP contribution in [0.15, 0.2) is 152 Å². The van der Waals surface area contributed by atoms with E-state index < -0.39 is 0 Å². The minimum atomic E-state index is 0.0612. The van der Waals surface area contributed by atoms with Crippen molar-refractivity contribution in [3.05, 3.63) is 185 Å². The van der Waals surface area contributed by atoms with Gasteiger partial charge in [-0.25, -0.2) is 0 Å². The predicted molar refractivity (Wildman–Crippen MR) is 280 cm³/mol. The van der Waals surface area contributed by atoms with Crippen molar-refractivity contribution >= 4 is 79.0 Å². The minimum absolute atomic E-state index is 0.0612. The van der Waals surface area contributed by atoms with E-state index in [2.05, 4.69) is 240 Å². The highest BCUT2D eigenvalue weighted by Crippen LogP contribution is 2.45. The van der Waals surface area contributed by atoms with Crippen LogP contribution in [0.5, 0.6) is 0 Å². The molecule has 0 bridgehead atoms. The topological polar surface area (TPSA) is 16.3 Å². The fourth-order valence-electron chi connectivity index (χ4n) is 11.0. The Bertz CT molecular complexity index is 2950. The Kier molecular flexibility index (Phi) is 9.77. The zero-order chi connectivity index (χ0) is 45.0.